The summed E-state index contributed by atoms with van der Waals surface area (Å²) in [6, 6.07) is 1.84. The van der Waals surface area contributed by atoms with Crippen LogP contribution in [0.5, 0.6) is 0 Å². The summed E-state index contributed by atoms with van der Waals surface area (Å²) >= 11 is 0. The van der Waals surface area contributed by atoms with E-state index in [1.807, 2.05) is 6.07 Å². The first-order valence-corrected chi connectivity index (χ1v) is 4.08. The molecule has 76 valence electrons. The fourth-order valence-electron chi connectivity index (χ4n) is 2.05. The Morgan fingerprint density at radius 1 is 1.50 bits per heavy atom. The summed E-state index contributed by atoms with van der Waals surface area (Å²) in [6.45, 7) is 3.15. The van der Waals surface area contributed by atoms with Gasteiger partial charge in [-0.1, -0.05) is 13.8 Å². The van der Waals surface area contributed by atoms with E-state index in [-0.39, 0.29) is 0 Å². The molecule has 5 nitrogen and oxygen atoms in total. The van der Waals surface area contributed by atoms with Crippen LogP contribution < -0.4 is 0 Å². The molecule has 0 spiro atoms. The van der Waals surface area contributed by atoms with Gasteiger partial charge in [-0.25, -0.2) is 0 Å². The smallest absolute Gasteiger partial charge is 0.325 e. The normalized spacial score (nSPS) is 32.9. The van der Waals surface area contributed by atoms with Crippen molar-refractivity contribution in [2.45, 2.75) is 13.8 Å². The minimum atomic E-state index is -1.68. The van der Waals surface area contributed by atoms with Crippen molar-refractivity contribution >= 4 is 11.9 Å². The first-order chi connectivity index (χ1) is 6.37. The Labute approximate surface area is 81.3 Å². The Morgan fingerprint density at radius 3 is 2.21 bits per heavy atom. The molecule has 1 fully saturated rings. The Kier molecular flexibility index (Phi) is 2.03. The summed E-state index contributed by atoms with van der Waals surface area (Å²) < 4.78 is 4.44. The highest BCUT2D eigenvalue weighted by molar-refractivity contribution is 6.05. The van der Waals surface area contributed by atoms with Crippen molar-refractivity contribution in [3.8, 4) is 6.07 Å². The van der Waals surface area contributed by atoms with Crippen molar-refractivity contribution in [1.82, 2.24) is 0 Å². The summed E-state index contributed by atoms with van der Waals surface area (Å²) in [5.74, 6) is -2.96. The first-order valence-electron chi connectivity index (χ1n) is 4.08. The zero-order valence-electron chi connectivity index (χ0n) is 8.20. The third-order valence-corrected chi connectivity index (χ3v) is 3.06. The number of carboxylic acids is 1. The number of aliphatic carboxylic acids is 1. The Bertz CT molecular complexity index is 341. The van der Waals surface area contributed by atoms with Crippen LogP contribution in [0.15, 0.2) is 0 Å². The van der Waals surface area contributed by atoms with Crippen LogP contribution in [0.4, 0.5) is 0 Å². The van der Waals surface area contributed by atoms with Gasteiger partial charge in [-0.15, -0.1) is 0 Å². The Hall–Kier alpha value is -1.57. The summed E-state index contributed by atoms with van der Waals surface area (Å²) in [4.78, 5) is 22.4. The van der Waals surface area contributed by atoms with E-state index in [1.54, 1.807) is 13.8 Å². The average Bonchev–Trinajstić information content (AvgIpc) is 2.62. The molecule has 0 aromatic heterocycles. The van der Waals surface area contributed by atoms with Gasteiger partial charge in [0.05, 0.1) is 19.1 Å². The highest BCUT2D eigenvalue weighted by Gasteiger charge is 2.82. The average molecular weight is 197 g/mol. The topological polar surface area (TPSA) is 87.4 Å². The highest BCUT2D eigenvalue weighted by Crippen LogP contribution is 2.69. The first kappa shape index (κ1) is 10.5. The SMILES string of the molecule is COC(=O)C1(C(=O)O)C(C#N)C1(C)C. The lowest BCUT2D eigenvalue weighted by Crippen LogP contribution is -2.32. The molecule has 0 aliphatic heterocycles. The standard InChI is InChI=1S/C9H11NO4/c1-8(2)5(4-10)9(8,6(11)12)7(13)14-3/h5H,1-3H3,(H,11,12). The lowest BCUT2D eigenvalue weighted by molar-refractivity contribution is -0.161. The third kappa shape index (κ3) is 0.830. The largest absolute Gasteiger partial charge is 0.480 e. The summed E-state index contributed by atoms with van der Waals surface area (Å²) in [7, 11) is 1.12. The Morgan fingerprint density at radius 2 is 2.00 bits per heavy atom. The molecule has 1 aliphatic carbocycles. The van der Waals surface area contributed by atoms with E-state index in [9.17, 15) is 9.59 Å². The van der Waals surface area contributed by atoms with Gasteiger partial charge < -0.3 is 9.84 Å². The minimum Gasteiger partial charge on any atom is -0.480 e. The zero-order valence-corrected chi connectivity index (χ0v) is 8.20. The van der Waals surface area contributed by atoms with Gasteiger partial charge >= 0.3 is 11.9 Å². The summed E-state index contributed by atoms with van der Waals surface area (Å²) in [5, 5.41) is 17.7. The molecule has 0 heterocycles. The van der Waals surface area contributed by atoms with Crippen molar-refractivity contribution < 1.29 is 19.4 Å². The van der Waals surface area contributed by atoms with E-state index in [0.717, 1.165) is 7.11 Å². The number of nitriles is 1. The van der Waals surface area contributed by atoms with Gasteiger partial charge in [0.25, 0.3) is 0 Å². The molecule has 1 rings (SSSR count). The molecule has 1 saturated carbocycles. The fraction of sp³-hybridized carbons (Fsp3) is 0.667. The molecular formula is C9H11NO4. The van der Waals surface area contributed by atoms with Crippen LogP contribution in [-0.4, -0.2) is 24.2 Å². The predicted molar refractivity (Wildman–Crippen MR) is 45.0 cm³/mol. The summed E-state index contributed by atoms with van der Waals surface area (Å²) in [6.07, 6.45) is 0. The van der Waals surface area contributed by atoms with Crippen LogP contribution in [0.3, 0.4) is 0 Å². The highest BCUT2D eigenvalue weighted by atomic mass is 16.5. The van der Waals surface area contributed by atoms with Crippen LogP contribution in [-0.2, 0) is 14.3 Å². The van der Waals surface area contributed by atoms with Crippen LogP contribution >= 0.6 is 0 Å². The zero-order chi connectivity index (χ0) is 11.1. The van der Waals surface area contributed by atoms with Gasteiger partial charge in [0.1, 0.15) is 0 Å². The molecule has 1 N–H and O–H groups in total. The fourth-order valence-corrected chi connectivity index (χ4v) is 2.05. The van der Waals surface area contributed by atoms with Gasteiger partial charge in [-0.05, 0) is 0 Å². The molecule has 2 unspecified atom stereocenters. The van der Waals surface area contributed by atoms with Crippen molar-refractivity contribution in [2.24, 2.45) is 16.7 Å². The molecule has 14 heavy (non-hydrogen) atoms. The van der Waals surface area contributed by atoms with Crippen molar-refractivity contribution in [3.05, 3.63) is 0 Å². The van der Waals surface area contributed by atoms with E-state index in [2.05, 4.69) is 4.74 Å². The maximum atomic E-state index is 11.4. The number of carbonyl (C=O) groups is 2. The number of methoxy groups -OCH3 is 1. The monoisotopic (exact) mass is 197 g/mol. The Balaban J connectivity index is 3.20. The molecule has 0 aromatic rings. The number of hydrogen-bond acceptors (Lipinski definition) is 4. The van der Waals surface area contributed by atoms with Crippen molar-refractivity contribution in [3.63, 3.8) is 0 Å². The molecule has 0 aromatic carbocycles. The lowest BCUT2D eigenvalue weighted by Gasteiger charge is -2.11. The van der Waals surface area contributed by atoms with Crippen LogP contribution in [0.1, 0.15) is 13.8 Å². The molecule has 0 radical (unpaired) electrons. The quantitative estimate of drug-likeness (QED) is 0.511. The van der Waals surface area contributed by atoms with E-state index in [1.165, 1.54) is 0 Å². The van der Waals surface area contributed by atoms with Gasteiger partial charge in [0.2, 0.25) is 0 Å². The molecule has 0 saturated heterocycles. The van der Waals surface area contributed by atoms with Crippen LogP contribution in [0.25, 0.3) is 0 Å². The van der Waals surface area contributed by atoms with E-state index >= 15 is 0 Å². The van der Waals surface area contributed by atoms with E-state index < -0.39 is 28.7 Å². The number of rotatable bonds is 2. The van der Waals surface area contributed by atoms with Crippen LogP contribution in [0.2, 0.25) is 0 Å². The molecular weight excluding hydrogens is 186 g/mol. The molecule has 1 aliphatic rings. The van der Waals surface area contributed by atoms with Gasteiger partial charge in [-0.2, -0.15) is 5.26 Å². The lowest BCUT2D eigenvalue weighted by atomic mass is 9.96. The van der Waals surface area contributed by atoms with Crippen LogP contribution in [0, 0.1) is 28.1 Å². The maximum absolute atomic E-state index is 11.4. The number of nitrogens with zero attached hydrogens (tertiary/aromatic N) is 1. The number of carboxylic acid groups (broad SMARTS) is 1. The second-order valence-corrected chi connectivity index (χ2v) is 3.89. The molecule has 5 heteroatoms. The predicted octanol–water partition coefficient (Wildman–Crippen LogP) is 0.410. The minimum absolute atomic E-state index is 0.819. The second kappa shape index (κ2) is 2.71. The van der Waals surface area contributed by atoms with E-state index in [4.69, 9.17) is 10.4 Å². The summed E-state index contributed by atoms with van der Waals surface area (Å²) in [5.41, 5.74) is -2.54. The number of carbonyl (C=O) groups excluding carboxylic acids is 1. The third-order valence-electron chi connectivity index (χ3n) is 3.06. The van der Waals surface area contributed by atoms with Gasteiger partial charge in [0, 0.05) is 5.41 Å². The van der Waals surface area contributed by atoms with Crippen molar-refractivity contribution in [2.75, 3.05) is 7.11 Å². The van der Waals surface area contributed by atoms with E-state index in [0.29, 0.717) is 0 Å². The van der Waals surface area contributed by atoms with Crippen molar-refractivity contribution in [1.29, 1.82) is 5.26 Å². The number of esters is 1. The van der Waals surface area contributed by atoms with Gasteiger partial charge in [-0.3, -0.25) is 9.59 Å². The molecule has 2 atom stereocenters. The number of hydrogen-bond donors (Lipinski definition) is 1. The second-order valence-electron chi connectivity index (χ2n) is 3.89. The van der Waals surface area contributed by atoms with Gasteiger partial charge in [0.15, 0.2) is 5.41 Å². The molecule has 0 amide bonds. The molecule has 0 bridgehead atoms. The number of ether oxygens (including phenoxy) is 1. The maximum Gasteiger partial charge on any atom is 0.325 e.